The number of halogens is 3. The van der Waals surface area contributed by atoms with E-state index in [1.807, 2.05) is 0 Å². The van der Waals surface area contributed by atoms with Crippen LogP contribution >= 0.6 is 11.6 Å². The summed E-state index contributed by atoms with van der Waals surface area (Å²) in [4.78, 5) is 23.2. The normalized spacial score (nSPS) is 11.1. The molecule has 1 N–H and O–H groups in total. The fourth-order valence-electron chi connectivity index (χ4n) is 2.35. The molecular weight excluding hydrogens is 392 g/mol. The van der Waals surface area contributed by atoms with E-state index in [9.17, 15) is 18.4 Å². The summed E-state index contributed by atoms with van der Waals surface area (Å²) in [7, 11) is 0. The molecule has 0 spiro atoms. The van der Waals surface area contributed by atoms with E-state index in [0.29, 0.717) is 5.76 Å². The van der Waals surface area contributed by atoms with Gasteiger partial charge in [0.15, 0.2) is 17.4 Å². The van der Waals surface area contributed by atoms with Crippen LogP contribution in [0.5, 0.6) is 0 Å². The van der Waals surface area contributed by atoms with Crippen LogP contribution in [0.1, 0.15) is 28.8 Å². The zero-order chi connectivity index (χ0) is 20.3. The van der Waals surface area contributed by atoms with Crippen molar-refractivity contribution < 1.29 is 22.8 Å². The Morgan fingerprint density at radius 3 is 2.68 bits per heavy atom. The van der Waals surface area contributed by atoms with Gasteiger partial charge in [-0.1, -0.05) is 11.6 Å². The zero-order valence-corrected chi connectivity index (χ0v) is 15.3. The maximum atomic E-state index is 13.7. The predicted octanol–water partition coefficient (Wildman–Crippen LogP) is 4.31. The second kappa shape index (κ2) is 8.18. The van der Waals surface area contributed by atoms with E-state index in [4.69, 9.17) is 16.0 Å². The molecule has 0 aliphatic rings. The number of hydrogen-bond acceptors (Lipinski definition) is 4. The molecule has 0 saturated heterocycles. The van der Waals surface area contributed by atoms with Gasteiger partial charge in [-0.2, -0.15) is 5.10 Å². The summed E-state index contributed by atoms with van der Waals surface area (Å²) in [5.74, 6) is -1.27. The van der Waals surface area contributed by atoms with Crippen molar-refractivity contribution >= 4 is 35.2 Å². The fourth-order valence-corrected chi connectivity index (χ4v) is 2.57. The number of anilines is 1. The molecule has 2 aromatic heterocycles. The summed E-state index contributed by atoms with van der Waals surface area (Å²) in [6.07, 6.45) is 3.71. The van der Waals surface area contributed by atoms with E-state index < -0.39 is 22.6 Å². The second-order valence-electron chi connectivity index (χ2n) is 5.80. The maximum Gasteiger partial charge on any atom is 0.249 e. The lowest BCUT2D eigenvalue weighted by Gasteiger charge is -2.02. The molecule has 3 rings (SSSR count). The smallest absolute Gasteiger partial charge is 0.249 e. The third-order valence-electron chi connectivity index (χ3n) is 3.70. The van der Waals surface area contributed by atoms with Crippen molar-refractivity contribution in [3.05, 3.63) is 76.3 Å². The van der Waals surface area contributed by atoms with Crippen molar-refractivity contribution in [3.8, 4) is 0 Å². The van der Waals surface area contributed by atoms with Crippen molar-refractivity contribution in [1.29, 1.82) is 0 Å². The Balaban J connectivity index is 1.64. The molecule has 2 heterocycles. The van der Waals surface area contributed by atoms with Gasteiger partial charge < -0.3 is 9.73 Å². The van der Waals surface area contributed by atoms with E-state index >= 15 is 0 Å². The molecule has 0 saturated carbocycles. The number of Topliss-reactive ketones (excluding diaryl/α,β-unsaturated/α-hetero) is 1. The van der Waals surface area contributed by atoms with Crippen LogP contribution in [-0.4, -0.2) is 21.5 Å². The summed E-state index contributed by atoms with van der Waals surface area (Å²) in [6, 6.07) is 6.62. The van der Waals surface area contributed by atoms with Gasteiger partial charge in [-0.15, -0.1) is 0 Å². The van der Waals surface area contributed by atoms with Gasteiger partial charge in [-0.25, -0.2) is 8.78 Å². The topological polar surface area (TPSA) is 77.1 Å². The minimum absolute atomic E-state index is 0.179. The average molecular weight is 406 g/mol. The Morgan fingerprint density at radius 1 is 1.21 bits per heavy atom. The lowest BCUT2D eigenvalue weighted by Crippen LogP contribution is -2.09. The number of aromatic nitrogens is 2. The molecular formula is C19H14ClF2N3O3. The van der Waals surface area contributed by atoms with Crippen LogP contribution in [0, 0.1) is 11.6 Å². The Bertz CT molecular complexity index is 1070. The Kier molecular flexibility index (Phi) is 5.70. The number of nitrogens with zero attached hydrogens (tertiary/aromatic N) is 2. The van der Waals surface area contributed by atoms with Crippen molar-refractivity contribution in [2.24, 2.45) is 0 Å². The highest BCUT2D eigenvalue weighted by Gasteiger charge is 2.11. The van der Waals surface area contributed by atoms with E-state index in [0.717, 1.165) is 24.3 Å². The van der Waals surface area contributed by atoms with E-state index in [1.54, 1.807) is 24.4 Å². The molecule has 0 aliphatic heterocycles. The first-order valence-electron chi connectivity index (χ1n) is 8.09. The number of nitrogens with one attached hydrogen (secondary N) is 1. The number of rotatable bonds is 6. The first-order chi connectivity index (χ1) is 13.3. The van der Waals surface area contributed by atoms with E-state index in [-0.39, 0.29) is 29.5 Å². The summed E-state index contributed by atoms with van der Waals surface area (Å²) >= 11 is 5.70. The van der Waals surface area contributed by atoms with Gasteiger partial charge in [0.1, 0.15) is 17.4 Å². The van der Waals surface area contributed by atoms with E-state index in [2.05, 4.69) is 10.4 Å². The number of benzene rings is 1. The first kappa shape index (κ1) is 19.5. The molecule has 1 amide bonds. The zero-order valence-electron chi connectivity index (χ0n) is 14.6. The van der Waals surface area contributed by atoms with Crippen LogP contribution < -0.4 is 5.32 Å². The summed E-state index contributed by atoms with van der Waals surface area (Å²) in [6.45, 7) is 1.67. The highest BCUT2D eigenvalue weighted by Crippen LogP contribution is 2.24. The van der Waals surface area contributed by atoms with Gasteiger partial charge >= 0.3 is 0 Å². The second-order valence-corrected chi connectivity index (χ2v) is 6.18. The first-order valence-corrected chi connectivity index (χ1v) is 8.47. The largest absolute Gasteiger partial charge is 0.456 e. The lowest BCUT2D eigenvalue weighted by molar-refractivity contribution is -0.111. The van der Waals surface area contributed by atoms with Gasteiger partial charge in [0.05, 0.1) is 11.6 Å². The lowest BCUT2D eigenvalue weighted by atomic mass is 10.2. The molecule has 0 aliphatic carbocycles. The number of hydrogen-bond donors (Lipinski definition) is 1. The number of carbonyl (C=O) groups is 2. The predicted molar refractivity (Wildman–Crippen MR) is 99.1 cm³/mol. The molecule has 9 heteroatoms. The molecule has 0 atom stereocenters. The Labute approximate surface area is 163 Å². The quantitative estimate of drug-likeness (QED) is 0.376. The van der Waals surface area contributed by atoms with Gasteiger partial charge in [0, 0.05) is 30.8 Å². The molecule has 144 valence electrons. The SMILES string of the molecule is CC(=O)c1ccc(Cn2ccc(NC(=O)/C=C\c3c(F)ccc(F)c3Cl)n2)o1. The van der Waals surface area contributed by atoms with Crippen molar-refractivity contribution in [2.75, 3.05) is 5.32 Å². The molecule has 3 aromatic rings. The molecule has 28 heavy (non-hydrogen) atoms. The van der Waals surface area contributed by atoms with Crippen LogP contribution in [0.25, 0.3) is 6.08 Å². The summed E-state index contributed by atoms with van der Waals surface area (Å²) < 4.78 is 34.0. The van der Waals surface area contributed by atoms with Crippen LogP contribution in [0.15, 0.2) is 47.0 Å². The molecule has 0 unspecified atom stereocenters. The maximum absolute atomic E-state index is 13.7. The molecule has 0 radical (unpaired) electrons. The fraction of sp³-hybridized carbons (Fsp3) is 0.105. The van der Waals surface area contributed by atoms with Crippen molar-refractivity contribution in [2.45, 2.75) is 13.5 Å². The third-order valence-corrected chi connectivity index (χ3v) is 4.08. The monoisotopic (exact) mass is 405 g/mol. The Morgan fingerprint density at radius 2 is 1.96 bits per heavy atom. The minimum atomic E-state index is -0.785. The number of amides is 1. The molecule has 6 nitrogen and oxygen atoms in total. The van der Waals surface area contributed by atoms with Gasteiger partial charge in [0.2, 0.25) is 5.91 Å². The summed E-state index contributed by atoms with van der Waals surface area (Å²) in [5.41, 5.74) is -0.221. The van der Waals surface area contributed by atoms with Gasteiger partial charge in [-0.3, -0.25) is 14.3 Å². The van der Waals surface area contributed by atoms with Crippen LogP contribution in [0.4, 0.5) is 14.6 Å². The van der Waals surface area contributed by atoms with Crippen molar-refractivity contribution in [3.63, 3.8) is 0 Å². The number of ketones is 1. The van der Waals surface area contributed by atoms with Crippen LogP contribution in [0.3, 0.4) is 0 Å². The van der Waals surface area contributed by atoms with E-state index in [1.165, 1.54) is 11.6 Å². The third kappa shape index (κ3) is 4.52. The summed E-state index contributed by atoms with van der Waals surface area (Å²) in [5, 5.41) is 6.24. The molecule has 0 bridgehead atoms. The van der Waals surface area contributed by atoms with Gasteiger partial charge in [-0.05, 0) is 30.3 Å². The minimum Gasteiger partial charge on any atom is -0.456 e. The van der Waals surface area contributed by atoms with Crippen LogP contribution in [-0.2, 0) is 11.3 Å². The highest BCUT2D eigenvalue weighted by atomic mass is 35.5. The standard InChI is InChI=1S/C19H14ClF2N3O3/c1-11(26)16-6-2-12(28-16)10-25-9-8-17(24-25)23-18(27)7-3-13-14(21)4-5-15(22)19(13)20/h2-9H,10H2,1H3,(H,23,24,27)/b7-3-. The highest BCUT2D eigenvalue weighted by molar-refractivity contribution is 6.32. The number of carbonyl (C=O) groups excluding carboxylic acids is 2. The molecule has 1 aromatic carbocycles. The van der Waals surface area contributed by atoms with Crippen LogP contribution in [0.2, 0.25) is 5.02 Å². The van der Waals surface area contributed by atoms with Gasteiger partial charge in [0.25, 0.3) is 0 Å². The average Bonchev–Trinajstić information content (AvgIpc) is 3.28. The van der Waals surface area contributed by atoms with Crippen molar-refractivity contribution in [1.82, 2.24) is 9.78 Å². The molecule has 0 fully saturated rings. The number of furan rings is 1. The Hall–Kier alpha value is -3.26.